The molecule has 5 rings (SSSR count). The van der Waals surface area contributed by atoms with Crippen LogP contribution in [-0.4, -0.2) is 38.7 Å². The summed E-state index contributed by atoms with van der Waals surface area (Å²) >= 11 is 5.72. The first-order valence-electron chi connectivity index (χ1n) is 10.1. The fraction of sp³-hybridized carbons (Fsp3) is 0.318. The van der Waals surface area contributed by atoms with Crippen molar-refractivity contribution in [1.29, 1.82) is 0 Å². The summed E-state index contributed by atoms with van der Waals surface area (Å²) < 4.78 is 30.1. The van der Waals surface area contributed by atoms with Gasteiger partial charge in [-0.05, 0) is 54.7 Å². The Morgan fingerprint density at radius 3 is 2.45 bits per heavy atom. The van der Waals surface area contributed by atoms with E-state index in [1.165, 1.54) is 28.8 Å². The molecular weight excluding hydrogens is 426 g/mol. The molecule has 1 aliphatic heterocycles. The molecule has 0 bridgehead atoms. The summed E-state index contributed by atoms with van der Waals surface area (Å²) in [6.07, 6.45) is 2.52. The van der Waals surface area contributed by atoms with Gasteiger partial charge in [0, 0.05) is 24.9 Å². The molecule has 0 spiro atoms. The van der Waals surface area contributed by atoms with Crippen LogP contribution in [0.2, 0.25) is 5.02 Å². The molecule has 1 amide bonds. The van der Waals surface area contributed by atoms with E-state index in [0.717, 1.165) is 12.8 Å². The Kier molecular flexibility index (Phi) is 4.89. The lowest BCUT2D eigenvalue weighted by molar-refractivity contribution is -0.131. The van der Waals surface area contributed by atoms with Gasteiger partial charge in [0.25, 0.3) is 0 Å². The third-order valence-corrected chi connectivity index (χ3v) is 6.24. The average molecular weight is 445 g/mol. The van der Waals surface area contributed by atoms with Gasteiger partial charge in [-0.1, -0.05) is 23.7 Å². The number of benzene rings is 2. The molecule has 1 N–H and O–H groups in total. The Hall–Kier alpha value is -3.00. The summed E-state index contributed by atoms with van der Waals surface area (Å²) in [7, 11) is 0. The maximum absolute atomic E-state index is 15.1. The predicted molar refractivity (Wildman–Crippen MR) is 111 cm³/mol. The second-order valence-corrected chi connectivity index (χ2v) is 8.47. The normalized spacial score (nSPS) is 18.5. The lowest BCUT2D eigenvalue weighted by Gasteiger charge is -2.16. The summed E-state index contributed by atoms with van der Waals surface area (Å²) in [6.45, 7) is 1.06. The minimum absolute atomic E-state index is 0.0128. The molecule has 1 atom stereocenters. The second kappa shape index (κ2) is 7.60. The van der Waals surface area contributed by atoms with Crippen molar-refractivity contribution in [2.45, 2.75) is 25.2 Å². The van der Waals surface area contributed by atoms with E-state index in [1.807, 2.05) is 0 Å². The van der Waals surface area contributed by atoms with Crippen molar-refractivity contribution in [3.05, 3.63) is 69.4 Å². The number of hydrogen-bond donors (Lipinski definition) is 1. The van der Waals surface area contributed by atoms with Gasteiger partial charge in [0.1, 0.15) is 17.5 Å². The van der Waals surface area contributed by atoms with Gasteiger partial charge < -0.3 is 4.90 Å². The molecule has 0 radical (unpaired) electrons. The first-order chi connectivity index (χ1) is 14.9. The highest BCUT2D eigenvalue weighted by molar-refractivity contribution is 6.30. The zero-order valence-electron chi connectivity index (χ0n) is 16.4. The van der Waals surface area contributed by atoms with Crippen molar-refractivity contribution in [1.82, 2.24) is 19.7 Å². The molecule has 1 saturated carbocycles. The van der Waals surface area contributed by atoms with E-state index in [9.17, 15) is 14.0 Å². The van der Waals surface area contributed by atoms with Crippen LogP contribution in [-0.2, 0) is 4.79 Å². The molecular formula is C22H19ClF2N4O2. The number of nitrogens with zero attached hydrogens (tertiary/aromatic N) is 3. The first-order valence-corrected chi connectivity index (χ1v) is 10.5. The molecule has 1 aromatic heterocycles. The van der Waals surface area contributed by atoms with E-state index in [1.54, 1.807) is 17.0 Å². The number of aromatic amines is 1. The van der Waals surface area contributed by atoms with Gasteiger partial charge in [-0.2, -0.15) is 5.10 Å². The zero-order valence-corrected chi connectivity index (χ0v) is 17.2. The number of amides is 1. The number of nitrogens with one attached hydrogen (secondary N) is 1. The van der Waals surface area contributed by atoms with Crippen LogP contribution in [0.15, 0.2) is 41.2 Å². The smallest absolute Gasteiger partial charge is 0.342 e. The highest BCUT2D eigenvalue weighted by atomic mass is 35.5. The minimum Gasteiger partial charge on any atom is -0.342 e. The molecule has 2 aliphatic rings. The fourth-order valence-electron chi connectivity index (χ4n) is 4.12. The van der Waals surface area contributed by atoms with Crippen molar-refractivity contribution in [2.24, 2.45) is 5.92 Å². The van der Waals surface area contributed by atoms with Gasteiger partial charge in [0.05, 0.1) is 10.7 Å². The van der Waals surface area contributed by atoms with Crippen molar-refractivity contribution < 1.29 is 13.6 Å². The molecule has 2 heterocycles. The van der Waals surface area contributed by atoms with E-state index in [4.69, 9.17) is 11.6 Å². The van der Waals surface area contributed by atoms with Crippen LogP contribution in [0.5, 0.6) is 0 Å². The molecule has 3 aromatic rings. The van der Waals surface area contributed by atoms with Crippen molar-refractivity contribution in [2.75, 3.05) is 13.1 Å². The number of carbonyl (C=O) groups excluding carboxylic acids is 1. The van der Waals surface area contributed by atoms with Gasteiger partial charge in [-0.3, -0.25) is 4.79 Å². The molecule has 6 nitrogen and oxygen atoms in total. The van der Waals surface area contributed by atoms with Crippen molar-refractivity contribution in [3.8, 4) is 16.8 Å². The van der Waals surface area contributed by atoms with Crippen LogP contribution in [0.4, 0.5) is 8.78 Å². The number of likely N-dealkylation sites (tertiary alicyclic amines) is 1. The van der Waals surface area contributed by atoms with E-state index in [0.29, 0.717) is 36.5 Å². The van der Waals surface area contributed by atoms with Crippen LogP contribution in [0.1, 0.15) is 31.0 Å². The fourth-order valence-corrected chi connectivity index (χ4v) is 4.24. The predicted octanol–water partition coefficient (Wildman–Crippen LogP) is 3.89. The van der Waals surface area contributed by atoms with E-state index >= 15 is 4.39 Å². The lowest BCUT2D eigenvalue weighted by Crippen LogP contribution is -2.30. The Bertz CT molecular complexity index is 1230. The van der Waals surface area contributed by atoms with Gasteiger partial charge in [-0.25, -0.2) is 23.2 Å². The summed E-state index contributed by atoms with van der Waals surface area (Å²) in [5, 5.41) is 6.52. The zero-order chi connectivity index (χ0) is 21.7. The van der Waals surface area contributed by atoms with Gasteiger partial charge in [0.2, 0.25) is 5.91 Å². The van der Waals surface area contributed by atoms with Gasteiger partial charge in [0.15, 0.2) is 0 Å². The third kappa shape index (κ3) is 3.65. The van der Waals surface area contributed by atoms with E-state index in [-0.39, 0.29) is 28.5 Å². The number of rotatable bonds is 4. The topological polar surface area (TPSA) is 71.0 Å². The molecule has 2 aromatic carbocycles. The van der Waals surface area contributed by atoms with Crippen LogP contribution >= 0.6 is 11.6 Å². The monoisotopic (exact) mass is 444 g/mol. The molecule has 2 fully saturated rings. The largest absolute Gasteiger partial charge is 0.348 e. The Morgan fingerprint density at radius 1 is 1.06 bits per heavy atom. The molecule has 1 aliphatic carbocycles. The van der Waals surface area contributed by atoms with E-state index < -0.39 is 17.3 Å². The van der Waals surface area contributed by atoms with E-state index in [2.05, 4.69) is 10.2 Å². The standard InChI is InChI=1S/C22H19ClF2N4O2/c23-16-5-3-13(9-17(16)24)14-4-6-19(18(25)10-14)29-20(26-27-22(29)31)15-7-8-28(11-15)21(30)12-1-2-12/h3-6,9-10,12,15H,1-2,7-8,11H2,(H,27,31). The molecule has 1 saturated heterocycles. The van der Waals surface area contributed by atoms with Crippen LogP contribution < -0.4 is 5.69 Å². The number of halogens is 3. The number of carbonyl (C=O) groups is 1. The van der Waals surface area contributed by atoms with Crippen LogP contribution in [0, 0.1) is 17.6 Å². The minimum atomic E-state index is -0.637. The quantitative estimate of drug-likeness (QED) is 0.663. The number of H-pyrrole nitrogens is 1. The summed E-state index contributed by atoms with van der Waals surface area (Å²) in [4.78, 5) is 26.6. The van der Waals surface area contributed by atoms with Crippen LogP contribution in [0.3, 0.4) is 0 Å². The number of aromatic nitrogens is 3. The summed E-state index contributed by atoms with van der Waals surface area (Å²) in [5.41, 5.74) is 0.430. The molecule has 9 heteroatoms. The Labute approximate surface area is 181 Å². The third-order valence-electron chi connectivity index (χ3n) is 5.93. The summed E-state index contributed by atoms with van der Waals surface area (Å²) in [6, 6.07) is 8.57. The SMILES string of the molecule is O=C(C1CC1)N1CCC(c2n[nH]c(=O)n2-c2ccc(-c3ccc(Cl)c(F)c3)cc2F)C1. The highest BCUT2D eigenvalue weighted by Gasteiger charge is 2.38. The van der Waals surface area contributed by atoms with Crippen molar-refractivity contribution in [3.63, 3.8) is 0 Å². The number of hydrogen-bond acceptors (Lipinski definition) is 3. The molecule has 1 unspecified atom stereocenters. The van der Waals surface area contributed by atoms with Crippen LogP contribution in [0.25, 0.3) is 16.8 Å². The Morgan fingerprint density at radius 2 is 1.77 bits per heavy atom. The van der Waals surface area contributed by atoms with Crippen molar-refractivity contribution >= 4 is 17.5 Å². The maximum atomic E-state index is 15.1. The second-order valence-electron chi connectivity index (χ2n) is 8.06. The van der Waals surface area contributed by atoms with Gasteiger partial charge >= 0.3 is 5.69 Å². The highest BCUT2D eigenvalue weighted by Crippen LogP contribution is 2.35. The summed E-state index contributed by atoms with van der Waals surface area (Å²) in [5.74, 6) is -0.711. The Balaban J connectivity index is 1.46. The molecule has 160 valence electrons. The lowest BCUT2D eigenvalue weighted by atomic mass is 10.0. The average Bonchev–Trinajstić information content (AvgIpc) is 3.37. The maximum Gasteiger partial charge on any atom is 0.348 e. The first kappa shape index (κ1) is 19.9. The molecule has 31 heavy (non-hydrogen) atoms. The van der Waals surface area contributed by atoms with Gasteiger partial charge in [-0.15, -0.1) is 0 Å².